The molecule has 10 heteroatoms. The van der Waals surface area contributed by atoms with Crippen LogP contribution in [0.15, 0.2) is 47.4 Å². The normalized spacial score (nSPS) is 14.4. The van der Waals surface area contributed by atoms with Crippen LogP contribution in [0.3, 0.4) is 0 Å². The second-order valence-corrected chi connectivity index (χ2v) is 8.85. The van der Waals surface area contributed by atoms with Gasteiger partial charge in [0.05, 0.1) is 10.4 Å². The molecule has 2 aromatic carbocycles. The van der Waals surface area contributed by atoms with E-state index in [2.05, 4.69) is 5.32 Å². The number of hydrogen-bond acceptors (Lipinski definition) is 5. The first-order chi connectivity index (χ1) is 13.4. The summed E-state index contributed by atoms with van der Waals surface area (Å²) in [6.45, 7) is 4.36. The zero-order chi connectivity index (χ0) is 21.4. The lowest BCUT2D eigenvalue weighted by Crippen LogP contribution is -2.41. The molecule has 2 aromatic rings. The van der Waals surface area contributed by atoms with Gasteiger partial charge in [0, 0.05) is 5.56 Å². The Morgan fingerprint density at radius 3 is 2.14 bits per heavy atom. The Morgan fingerprint density at radius 2 is 1.55 bits per heavy atom. The first-order valence-corrected chi connectivity index (χ1v) is 10.0. The van der Waals surface area contributed by atoms with Gasteiger partial charge in [0.2, 0.25) is 0 Å². The Labute approximate surface area is 165 Å². The number of nitrogens with one attached hydrogen (secondary N) is 1. The third-order valence-corrected chi connectivity index (χ3v) is 5.92. The molecule has 156 valence electrons. The van der Waals surface area contributed by atoms with Crippen LogP contribution in [0.1, 0.15) is 29.8 Å². The van der Waals surface area contributed by atoms with Gasteiger partial charge in [0.1, 0.15) is 13.2 Å². The van der Waals surface area contributed by atoms with Gasteiger partial charge in [0.15, 0.2) is 11.5 Å². The number of amides is 1. The average molecular weight is 429 g/mol. The number of benzene rings is 2. The van der Waals surface area contributed by atoms with E-state index in [1.165, 1.54) is 0 Å². The van der Waals surface area contributed by atoms with Crippen LogP contribution in [0.4, 0.5) is 13.2 Å². The van der Waals surface area contributed by atoms with Crippen molar-refractivity contribution in [3.05, 3.63) is 53.6 Å². The van der Waals surface area contributed by atoms with Crippen LogP contribution in [0.5, 0.6) is 11.5 Å². The molecule has 1 N–H and O–H groups in total. The van der Waals surface area contributed by atoms with E-state index in [1.807, 2.05) is 0 Å². The largest absolute Gasteiger partial charge is 0.501 e. The number of fused-ring (bicyclic) bond motifs is 1. The molecule has 0 spiro atoms. The quantitative estimate of drug-likeness (QED) is 0.806. The first kappa shape index (κ1) is 21.0. The maximum atomic E-state index is 12.6. The van der Waals surface area contributed by atoms with Crippen LogP contribution in [0.25, 0.3) is 0 Å². The third kappa shape index (κ3) is 4.16. The van der Waals surface area contributed by atoms with Gasteiger partial charge in [-0.05, 0) is 55.8 Å². The molecular formula is C19H18F3NO5S. The van der Waals surface area contributed by atoms with E-state index in [1.54, 1.807) is 32.0 Å². The number of alkyl halides is 3. The van der Waals surface area contributed by atoms with Crippen molar-refractivity contribution in [3.63, 3.8) is 0 Å². The van der Waals surface area contributed by atoms with Gasteiger partial charge >= 0.3 is 5.51 Å². The maximum absolute atomic E-state index is 12.6. The fourth-order valence-electron chi connectivity index (χ4n) is 2.78. The Bertz CT molecular complexity index is 1030. The summed E-state index contributed by atoms with van der Waals surface area (Å²) in [7, 11) is -5.46. The van der Waals surface area contributed by atoms with Gasteiger partial charge in [0.25, 0.3) is 15.7 Å². The summed E-state index contributed by atoms with van der Waals surface area (Å²) in [5, 5.41) is 2.78. The second-order valence-electron chi connectivity index (χ2n) is 6.91. The SMILES string of the molecule is CC(C)(NC(=O)c1ccc(S(=O)(=O)C(F)(F)F)cc1)c1ccc2c(c1)OCCO2. The van der Waals surface area contributed by atoms with Crippen molar-refractivity contribution in [3.8, 4) is 11.5 Å². The van der Waals surface area contributed by atoms with Crippen molar-refractivity contribution >= 4 is 15.7 Å². The van der Waals surface area contributed by atoms with E-state index in [9.17, 15) is 26.4 Å². The molecule has 3 rings (SSSR count). The summed E-state index contributed by atoms with van der Waals surface area (Å²) in [5.74, 6) is 0.585. The Hall–Kier alpha value is -2.75. The predicted octanol–water partition coefficient (Wildman–Crippen LogP) is 3.42. The highest BCUT2D eigenvalue weighted by Crippen LogP contribution is 2.34. The lowest BCUT2D eigenvalue weighted by molar-refractivity contribution is -0.0436. The van der Waals surface area contributed by atoms with Crippen molar-refractivity contribution in [2.75, 3.05) is 13.2 Å². The van der Waals surface area contributed by atoms with Gasteiger partial charge in [-0.2, -0.15) is 13.2 Å². The molecule has 0 fully saturated rings. The van der Waals surface area contributed by atoms with Crippen molar-refractivity contribution in [1.82, 2.24) is 5.32 Å². The second kappa shape index (κ2) is 7.25. The molecule has 0 unspecified atom stereocenters. The van der Waals surface area contributed by atoms with E-state index in [4.69, 9.17) is 9.47 Å². The molecule has 0 aromatic heterocycles. The molecule has 0 radical (unpaired) electrons. The van der Waals surface area contributed by atoms with Crippen molar-refractivity contribution < 1.29 is 35.9 Å². The van der Waals surface area contributed by atoms with Crippen LogP contribution in [-0.2, 0) is 15.4 Å². The molecule has 1 amide bonds. The minimum absolute atomic E-state index is 0.0248. The molecule has 29 heavy (non-hydrogen) atoms. The highest BCUT2D eigenvalue weighted by molar-refractivity contribution is 7.92. The van der Waals surface area contributed by atoms with E-state index < -0.39 is 31.7 Å². The van der Waals surface area contributed by atoms with E-state index in [-0.39, 0.29) is 5.56 Å². The zero-order valence-electron chi connectivity index (χ0n) is 15.5. The molecule has 0 aliphatic carbocycles. The van der Waals surface area contributed by atoms with Crippen LogP contribution >= 0.6 is 0 Å². The van der Waals surface area contributed by atoms with Crippen molar-refractivity contribution in [1.29, 1.82) is 0 Å². The minimum Gasteiger partial charge on any atom is -0.486 e. The van der Waals surface area contributed by atoms with Crippen LogP contribution in [-0.4, -0.2) is 33.0 Å². The molecule has 6 nitrogen and oxygen atoms in total. The molecule has 0 bridgehead atoms. The summed E-state index contributed by atoms with van der Waals surface area (Å²) < 4.78 is 71.7. The zero-order valence-corrected chi connectivity index (χ0v) is 16.4. The van der Waals surface area contributed by atoms with Crippen LogP contribution in [0, 0.1) is 0 Å². The first-order valence-electron chi connectivity index (χ1n) is 8.56. The van der Waals surface area contributed by atoms with E-state index >= 15 is 0 Å². The molecule has 0 saturated heterocycles. The highest BCUT2D eigenvalue weighted by atomic mass is 32.2. The summed E-state index contributed by atoms with van der Waals surface area (Å²) in [6.07, 6.45) is 0. The molecule has 1 aliphatic rings. The topological polar surface area (TPSA) is 81.7 Å². The number of halogens is 3. The van der Waals surface area contributed by atoms with Crippen LogP contribution in [0.2, 0.25) is 0 Å². The van der Waals surface area contributed by atoms with E-state index in [0.29, 0.717) is 24.7 Å². The van der Waals surface area contributed by atoms with Gasteiger partial charge in [-0.15, -0.1) is 0 Å². The lowest BCUT2D eigenvalue weighted by Gasteiger charge is -2.28. The summed E-state index contributed by atoms with van der Waals surface area (Å²) >= 11 is 0. The van der Waals surface area contributed by atoms with Crippen molar-refractivity contribution in [2.45, 2.75) is 29.8 Å². The smallest absolute Gasteiger partial charge is 0.486 e. The highest BCUT2D eigenvalue weighted by Gasteiger charge is 2.46. The number of rotatable bonds is 4. The number of carbonyl (C=O) groups is 1. The van der Waals surface area contributed by atoms with Gasteiger partial charge < -0.3 is 14.8 Å². The third-order valence-electron chi connectivity index (χ3n) is 4.42. The number of carbonyl (C=O) groups excluding carboxylic acids is 1. The molecule has 0 atom stereocenters. The summed E-state index contributed by atoms with van der Waals surface area (Å²) in [5.41, 5.74) is -5.50. The average Bonchev–Trinajstić information content (AvgIpc) is 2.66. The van der Waals surface area contributed by atoms with Gasteiger partial charge in [-0.3, -0.25) is 4.79 Å². The van der Waals surface area contributed by atoms with Crippen LogP contribution < -0.4 is 14.8 Å². The van der Waals surface area contributed by atoms with Gasteiger partial charge in [-0.1, -0.05) is 6.07 Å². The number of hydrogen-bond donors (Lipinski definition) is 1. The molecule has 0 saturated carbocycles. The lowest BCUT2D eigenvalue weighted by atomic mass is 9.93. The molecule has 1 heterocycles. The Balaban J connectivity index is 1.79. The Kier molecular flexibility index (Phi) is 5.24. The molecule has 1 aliphatic heterocycles. The number of sulfone groups is 1. The van der Waals surface area contributed by atoms with E-state index in [0.717, 1.165) is 29.8 Å². The standard InChI is InChI=1S/C19H18F3NO5S/c1-18(2,13-5-8-15-16(11-13)28-10-9-27-15)23-17(24)12-3-6-14(7-4-12)29(25,26)19(20,21)22/h3-8,11H,9-10H2,1-2H3,(H,23,24). The summed E-state index contributed by atoms with van der Waals surface area (Å²) in [4.78, 5) is 11.6. The fourth-order valence-corrected chi connectivity index (χ4v) is 3.54. The predicted molar refractivity (Wildman–Crippen MR) is 97.6 cm³/mol. The minimum atomic E-state index is -5.46. The van der Waals surface area contributed by atoms with Crippen molar-refractivity contribution in [2.24, 2.45) is 0 Å². The monoisotopic (exact) mass is 429 g/mol. The Morgan fingerprint density at radius 1 is 0.966 bits per heavy atom. The summed E-state index contributed by atoms with van der Waals surface area (Å²) in [6, 6.07) is 8.83. The number of ether oxygens (including phenoxy) is 2. The maximum Gasteiger partial charge on any atom is 0.501 e. The van der Waals surface area contributed by atoms with Gasteiger partial charge in [-0.25, -0.2) is 8.42 Å². The fraction of sp³-hybridized carbons (Fsp3) is 0.316. The molecular weight excluding hydrogens is 411 g/mol.